The van der Waals surface area contributed by atoms with Gasteiger partial charge in [-0.1, -0.05) is 19.0 Å². The van der Waals surface area contributed by atoms with Gasteiger partial charge in [0.2, 0.25) is 0 Å². The fourth-order valence-corrected chi connectivity index (χ4v) is 1.39. The minimum absolute atomic E-state index is 0.588. The largest absolute Gasteiger partial charge is 0.380 e. The van der Waals surface area contributed by atoms with Gasteiger partial charge in [0.15, 0.2) is 5.96 Å². The van der Waals surface area contributed by atoms with E-state index in [2.05, 4.69) is 34.6 Å². The van der Waals surface area contributed by atoms with Gasteiger partial charge in [0.05, 0.1) is 13.2 Å². The number of aliphatic imine (C=N–C) groups is 1. The predicted octanol–water partition coefficient (Wildman–Crippen LogP) is 1.40. The second kappa shape index (κ2) is 9.38. The molecule has 0 aliphatic rings. The van der Waals surface area contributed by atoms with Crippen molar-refractivity contribution in [2.45, 2.75) is 26.8 Å². The average Bonchev–Trinajstić information content (AvgIpc) is 2.90. The summed E-state index contributed by atoms with van der Waals surface area (Å²) in [7, 11) is 1.73. The molecule has 1 aromatic rings. The summed E-state index contributed by atoms with van der Waals surface area (Å²) in [6.45, 7) is 7.19. The summed E-state index contributed by atoms with van der Waals surface area (Å²) in [5, 5.41) is 10.1. The van der Waals surface area contributed by atoms with Crippen LogP contribution in [0, 0.1) is 5.92 Å². The van der Waals surface area contributed by atoms with Crippen LogP contribution in [0.1, 0.15) is 26.0 Å². The summed E-state index contributed by atoms with van der Waals surface area (Å²) in [6.07, 6.45) is 2.65. The fraction of sp³-hybridized carbons (Fsp3) is 0.692. The van der Waals surface area contributed by atoms with Crippen LogP contribution in [0.5, 0.6) is 0 Å². The molecular formula is C13H24N4O2. The van der Waals surface area contributed by atoms with E-state index in [0.29, 0.717) is 19.1 Å². The molecule has 0 saturated carbocycles. The third-order valence-electron chi connectivity index (χ3n) is 2.53. The van der Waals surface area contributed by atoms with Gasteiger partial charge in [0.1, 0.15) is 12.0 Å². The van der Waals surface area contributed by atoms with E-state index in [9.17, 15) is 0 Å². The molecule has 0 aliphatic heterocycles. The van der Waals surface area contributed by atoms with E-state index in [0.717, 1.165) is 31.2 Å². The maximum atomic E-state index is 5.52. The van der Waals surface area contributed by atoms with E-state index in [1.165, 1.54) is 0 Å². The molecule has 6 heteroatoms. The molecule has 2 N–H and O–H groups in total. The summed E-state index contributed by atoms with van der Waals surface area (Å²) in [4.78, 5) is 4.11. The van der Waals surface area contributed by atoms with Crippen LogP contribution in [0.3, 0.4) is 0 Å². The number of nitrogens with one attached hydrogen (secondary N) is 2. The lowest BCUT2D eigenvalue weighted by atomic mass is 10.1. The van der Waals surface area contributed by atoms with Gasteiger partial charge in [-0.15, -0.1) is 0 Å². The molecule has 1 rings (SSSR count). The first-order valence-corrected chi connectivity index (χ1v) is 6.64. The number of hydrogen-bond acceptors (Lipinski definition) is 4. The monoisotopic (exact) mass is 268 g/mol. The van der Waals surface area contributed by atoms with Gasteiger partial charge in [-0.3, -0.25) is 4.99 Å². The van der Waals surface area contributed by atoms with Crippen molar-refractivity contribution in [2.75, 3.05) is 26.8 Å². The Balaban J connectivity index is 2.06. The highest BCUT2D eigenvalue weighted by Crippen LogP contribution is 1.98. The highest BCUT2D eigenvalue weighted by atomic mass is 16.5. The first kappa shape index (κ1) is 15.5. The van der Waals surface area contributed by atoms with Crippen molar-refractivity contribution in [3.05, 3.63) is 18.0 Å². The van der Waals surface area contributed by atoms with Gasteiger partial charge in [-0.05, 0) is 12.3 Å². The smallest absolute Gasteiger partial charge is 0.191 e. The standard InChI is InChI=1S/C13H24N4O2/c1-11(2)4-7-18-9-6-15-13(14-3)16-10-12-5-8-19-17-12/h5,8,11H,4,6-7,9-10H2,1-3H3,(H2,14,15,16). The lowest BCUT2D eigenvalue weighted by Crippen LogP contribution is -2.38. The Morgan fingerprint density at radius 3 is 2.89 bits per heavy atom. The van der Waals surface area contributed by atoms with E-state index >= 15 is 0 Å². The van der Waals surface area contributed by atoms with Gasteiger partial charge >= 0.3 is 0 Å². The normalized spacial score (nSPS) is 11.9. The molecule has 108 valence electrons. The minimum Gasteiger partial charge on any atom is -0.380 e. The average molecular weight is 268 g/mol. The third kappa shape index (κ3) is 7.46. The van der Waals surface area contributed by atoms with Crippen LogP contribution >= 0.6 is 0 Å². The summed E-state index contributed by atoms with van der Waals surface area (Å²) in [6, 6.07) is 1.81. The van der Waals surface area contributed by atoms with Gasteiger partial charge in [0, 0.05) is 26.3 Å². The van der Waals surface area contributed by atoms with Gasteiger partial charge < -0.3 is 19.9 Å². The Kier molecular flexibility index (Phi) is 7.65. The molecule has 1 heterocycles. The summed E-state index contributed by atoms with van der Waals surface area (Å²) < 4.78 is 10.3. The molecule has 0 aliphatic carbocycles. The first-order valence-electron chi connectivity index (χ1n) is 6.64. The zero-order chi connectivity index (χ0) is 13.9. The topological polar surface area (TPSA) is 71.7 Å². The Hall–Kier alpha value is -1.56. The molecule has 19 heavy (non-hydrogen) atoms. The van der Waals surface area contributed by atoms with E-state index in [1.807, 2.05) is 6.07 Å². The van der Waals surface area contributed by atoms with Gasteiger partial charge in [-0.2, -0.15) is 0 Å². The van der Waals surface area contributed by atoms with Crippen LogP contribution < -0.4 is 10.6 Å². The second-order valence-electron chi connectivity index (χ2n) is 4.64. The molecular weight excluding hydrogens is 244 g/mol. The van der Waals surface area contributed by atoms with E-state index < -0.39 is 0 Å². The maximum absolute atomic E-state index is 5.52. The first-order chi connectivity index (χ1) is 9.22. The molecule has 6 nitrogen and oxygen atoms in total. The quantitative estimate of drug-likeness (QED) is 0.423. The molecule has 0 aromatic carbocycles. The predicted molar refractivity (Wildman–Crippen MR) is 75.0 cm³/mol. The van der Waals surface area contributed by atoms with Crippen molar-refractivity contribution >= 4 is 5.96 Å². The van der Waals surface area contributed by atoms with Crippen LogP contribution in [0.15, 0.2) is 21.8 Å². The SMILES string of the molecule is CN=C(NCCOCCC(C)C)NCc1ccon1. The molecule has 1 aromatic heterocycles. The maximum Gasteiger partial charge on any atom is 0.191 e. The minimum atomic E-state index is 0.588. The molecule has 0 bridgehead atoms. The number of hydrogen-bond donors (Lipinski definition) is 2. The number of rotatable bonds is 8. The lowest BCUT2D eigenvalue weighted by Gasteiger charge is -2.11. The van der Waals surface area contributed by atoms with Crippen molar-refractivity contribution in [1.82, 2.24) is 15.8 Å². The van der Waals surface area contributed by atoms with Crippen LogP contribution in [0.2, 0.25) is 0 Å². The Morgan fingerprint density at radius 2 is 2.26 bits per heavy atom. The number of ether oxygens (including phenoxy) is 1. The molecule has 0 fully saturated rings. The van der Waals surface area contributed by atoms with Crippen LogP contribution in [-0.4, -0.2) is 37.9 Å². The molecule has 0 spiro atoms. The van der Waals surface area contributed by atoms with E-state index in [-0.39, 0.29) is 0 Å². The number of aromatic nitrogens is 1. The lowest BCUT2D eigenvalue weighted by molar-refractivity contribution is 0.128. The second-order valence-corrected chi connectivity index (χ2v) is 4.64. The molecule has 0 saturated heterocycles. The number of guanidine groups is 1. The van der Waals surface area contributed by atoms with Crippen molar-refractivity contribution < 1.29 is 9.26 Å². The van der Waals surface area contributed by atoms with Crippen LogP contribution in [0.25, 0.3) is 0 Å². The van der Waals surface area contributed by atoms with Crippen molar-refractivity contribution in [3.8, 4) is 0 Å². The zero-order valence-corrected chi connectivity index (χ0v) is 12.0. The zero-order valence-electron chi connectivity index (χ0n) is 12.0. The van der Waals surface area contributed by atoms with E-state index in [4.69, 9.17) is 9.26 Å². The van der Waals surface area contributed by atoms with E-state index in [1.54, 1.807) is 13.3 Å². The summed E-state index contributed by atoms with van der Waals surface area (Å²) >= 11 is 0. The molecule has 0 atom stereocenters. The highest BCUT2D eigenvalue weighted by Gasteiger charge is 2.00. The van der Waals surface area contributed by atoms with Crippen molar-refractivity contribution in [1.29, 1.82) is 0 Å². The number of nitrogens with zero attached hydrogens (tertiary/aromatic N) is 2. The molecule has 0 unspecified atom stereocenters. The Bertz CT molecular complexity index is 350. The van der Waals surface area contributed by atoms with Crippen LogP contribution in [-0.2, 0) is 11.3 Å². The Morgan fingerprint density at radius 1 is 1.42 bits per heavy atom. The Labute approximate surface area is 114 Å². The summed E-state index contributed by atoms with van der Waals surface area (Å²) in [5.41, 5.74) is 0.844. The van der Waals surface area contributed by atoms with Gasteiger partial charge in [-0.25, -0.2) is 0 Å². The molecule has 0 amide bonds. The van der Waals surface area contributed by atoms with Gasteiger partial charge in [0.25, 0.3) is 0 Å². The summed E-state index contributed by atoms with van der Waals surface area (Å²) in [5.74, 6) is 1.42. The van der Waals surface area contributed by atoms with Crippen LogP contribution in [0.4, 0.5) is 0 Å². The third-order valence-corrected chi connectivity index (χ3v) is 2.53. The van der Waals surface area contributed by atoms with Crippen molar-refractivity contribution in [2.24, 2.45) is 10.9 Å². The molecule has 0 radical (unpaired) electrons. The fourth-order valence-electron chi connectivity index (χ4n) is 1.39. The van der Waals surface area contributed by atoms with Crippen molar-refractivity contribution in [3.63, 3.8) is 0 Å². The highest BCUT2D eigenvalue weighted by molar-refractivity contribution is 5.79.